The normalized spacial score (nSPS) is 10.4. The van der Waals surface area contributed by atoms with Crippen molar-refractivity contribution in [1.29, 1.82) is 0 Å². The Kier molecular flexibility index (Phi) is 2.90. The van der Waals surface area contributed by atoms with Crippen molar-refractivity contribution in [2.75, 3.05) is 7.11 Å². The van der Waals surface area contributed by atoms with Gasteiger partial charge in [0, 0.05) is 0 Å². The number of H-pyrrole nitrogens is 1. The number of aromatic hydroxyl groups is 1. The quantitative estimate of drug-likeness (QED) is 0.819. The van der Waals surface area contributed by atoms with Crippen LogP contribution < -0.4 is 10.4 Å². The number of aromatic amines is 1. The van der Waals surface area contributed by atoms with Gasteiger partial charge in [0.1, 0.15) is 5.75 Å². The second kappa shape index (κ2) is 4.20. The van der Waals surface area contributed by atoms with E-state index in [2.05, 4.69) is 27.6 Å². The molecular formula is C10H9IN2O3. The highest BCUT2D eigenvalue weighted by molar-refractivity contribution is 14.1. The molecular weight excluding hydrogens is 323 g/mol. The van der Waals surface area contributed by atoms with Crippen molar-refractivity contribution in [3.8, 4) is 17.3 Å². The molecule has 0 aliphatic heterocycles. The largest absolute Gasteiger partial charge is 0.496 e. The zero-order chi connectivity index (χ0) is 11.7. The number of nitrogens with one attached hydrogen (secondary N) is 1. The summed E-state index contributed by atoms with van der Waals surface area (Å²) in [5.74, 6) is 0.610. The maximum atomic E-state index is 11.4. The predicted octanol–water partition coefficient (Wildman–Crippen LogP) is 1.48. The monoisotopic (exact) mass is 332 g/mol. The van der Waals surface area contributed by atoms with Crippen molar-refractivity contribution in [1.82, 2.24) is 9.55 Å². The number of benzene rings is 1. The molecule has 0 aliphatic carbocycles. The number of rotatable bonds is 2. The standard InChI is InChI=1S/C10H9IN2O3/c1-16-8-3-2-6(4-7(8)11)13-9(14)5-12-10(13)15/h2-5,14H,1H3,(H,12,15). The summed E-state index contributed by atoms with van der Waals surface area (Å²) in [6, 6.07) is 5.21. The molecule has 0 radical (unpaired) electrons. The van der Waals surface area contributed by atoms with E-state index in [1.165, 1.54) is 10.8 Å². The molecule has 0 atom stereocenters. The summed E-state index contributed by atoms with van der Waals surface area (Å²) in [6.45, 7) is 0. The maximum Gasteiger partial charge on any atom is 0.333 e. The van der Waals surface area contributed by atoms with Crippen molar-refractivity contribution in [3.63, 3.8) is 0 Å². The Morgan fingerprint density at radius 3 is 2.75 bits per heavy atom. The lowest BCUT2D eigenvalue weighted by molar-refractivity contribution is 0.411. The van der Waals surface area contributed by atoms with Crippen molar-refractivity contribution >= 4 is 22.6 Å². The number of methoxy groups -OCH3 is 1. The van der Waals surface area contributed by atoms with Crippen LogP contribution in [0.2, 0.25) is 0 Å². The molecule has 1 heterocycles. The van der Waals surface area contributed by atoms with E-state index in [4.69, 9.17) is 4.74 Å². The van der Waals surface area contributed by atoms with E-state index in [1.807, 2.05) is 0 Å². The molecule has 5 nitrogen and oxygen atoms in total. The molecule has 0 unspecified atom stereocenters. The van der Waals surface area contributed by atoms with Crippen molar-refractivity contribution < 1.29 is 9.84 Å². The Morgan fingerprint density at radius 2 is 2.25 bits per heavy atom. The van der Waals surface area contributed by atoms with Crippen LogP contribution in [0.4, 0.5) is 0 Å². The van der Waals surface area contributed by atoms with Crippen LogP contribution >= 0.6 is 22.6 Å². The highest BCUT2D eigenvalue weighted by Gasteiger charge is 2.09. The first-order valence-electron chi connectivity index (χ1n) is 4.47. The molecule has 84 valence electrons. The fourth-order valence-corrected chi connectivity index (χ4v) is 2.12. The second-order valence-corrected chi connectivity index (χ2v) is 4.27. The minimum absolute atomic E-state index is 0.119. The van der Waals surface area contributed by atoms with Gasteiger partial charge in [-0.2, -0.15) is 0 Å². The molecule has 0 amide bonds. The second-order valence-electron chi connectivity index (χ2n) is 3.11. The average Bonchev–Trinajstić information content (AvgIpc) is 2.58. The van der Waals surface area contributed by atoms with Gasteiger partial charge in [-0.1, -0.05) is 0 Å². The van der Waals surface area contributed by atoms with Crippen LogP contribution in [0.5, 0.6) is 11.6 Å². The van der Waals surface area contributed by atoms with Crippen LogP contribution in [0.15, 0.2) is 29.2 Å². The molecule has 1 aromatic heterocycles. The fourth-order valence-electron chi connectivity index (χ4n) is 1.40. The minimum atomic E-state index is -0.376. The summed E-state index contributed by atoms with van der Waals surface area (Å²) in [4.78, 5) is 13.8. The van der Waals surface area contributed by atoms with Gasteiger partial charge in [-0.25, -0.2) is 9.36 Å². The molecule has 0 saturated carbocycles. The van der Waals surface area contributed by atoms with Crippen molar-refractivity contribution in [2.24, 2.45) is 0 Å². The lowest BCUT2D eigenvalue weighted by Crippen LogP contribution is -2.14. The molecule has 0 saturated heterocycles. The Morgan fingerprint density at radius 1 is 1.50 bits per heavy atom. The summed E-state index contributed by atoms with van der Waals surface area (Å²) in [5.41, 5.74) is 0.215. The van der Waals surface area contributed by atoms with E-state index in [0.29, 0.717) is 5.69 Å². The van der Waals surface area contributed by atoms with Gasteiger partial charge in [-0.15, -0.1) is 0 Å². The van der Waals surface area contributed by atoms with Gasteiger partial charge in [0.2, 0.25) is 5.88 Å². The topological polar surface area (TPSA) is 67.2 Å². The van der Waals surface area contributed by atoms with E-state index in [9.17, 15) is 9.90 Å². The van der Waals surface area contributed by atoms with E-state index in [1.54, 1.807) is 25.3 Å². The van der Waals surface area contributed by atoms with Gasteiger partial charge in [0.15, 0.2) is 0 Å². The third-order valence-corrected chi connectivity index (χ3v) is 2.99. The molecule has 2 N–H and O–H groups in total. The van der Waals surface area contributed by atoms with Gasteiger partial charge in [-0.05, 0) is 40.8 Å². The minimum Gasteiger partial charge on any atom is -0.496 e. The van der Waals surface area contributed by atoms with Crippen LogP contribution in [0.25, 0.3) is 5.69 Å². The SMILES string of the molecule is COc1ccc(-n2c(O)c[nH]c2=O)cc1I. The Labute approximate surface area is 105 Å². The van der Waals surface area contributed by atoms with Crippen LogP contribution in [-0.4, -0.2) is 21.8 Å². The number of halogens is 1. The maximum absolute atomic E-state index is 11.4. The van der Waals surface area contributed by atoms with E-state index in [-0.39, 0.29) is 11.6 Å². The number of nitrogens with zero attached hydrogens (tertiary/aromatic N) is 1. The van der Waals surface area contributed by atoms with Crippen LogP contribution in [0, 0.1) is 3.57 Å². The molecule has 0 bridgehead atoms. The average molecular weight is 332 g/mol. The number of ether oxygens (including phenoxy) is 1. The third kappa shape index (κ3) is 1.80. The van der Waals surface area contributed by atoms with Crippen LogP contribution in [0.3, 0.4) is 0 Å². The summed E-state index contributed by atoms with van der Waals surface area (Å²) in [5, 5.41) is 9.50. The van der Waals surface area contributed by atoms with E-state index < -0.39 is 0 Å². The highest BCUT2D eigenvalue weighted by atomic mass is 127. The zero-order valence-electron chi connectivity index (χ0n) is 8.40. The molecule has 0 fully saturated rings. The first-order valence-corrected chi connectivity index (χ1v) is 5.54. The lowest BCUT2D eigenvalue weighted by atomic mass is 10.3. The molecule has 0 aliphatic rings. The van der Waals surface area contributed by atoms with Gasteiger partial charge >= 0.3 is 5.69 Å². The summed E-state index contributed by atoms with van der Waals surface area (Å²) in [7, 11) is 1.58. The van der Waals surface area contributed by atoms with Crippen molar-refractivity contribution in [3.05, 3.63) is 38.5 Å². The van der Waals surface area contributed by atoms with Crippen molar-refractivity contribution in [2.45, 2.75) is 0 Å². The summed E-state index contributed by atoms with van der Waals surface area (Å²) >= 11 is 2.10. The third-order valence-electron chi connectivity index (χ3n) is 2.15. The molecule has 2 rings (SSSR count). The smallest absolute Gasteiger partial charge is 0.333 e. The van der Waals surface area contributed by atoms with Crippen LogP contribution in [0.1, 0.15) is 0 Å². The van der Waals surface area contributed by atoms with Gasteiger partial charge in [0.05, 0.1) is 22.6 Å². The van der Waals surface area contributed by atoms with E-state index >= 15 is 0 Å². The molecule has 2 aromatic rings. The van der Waals surface area contributed by atoms with Gasteiger partial charge in [0.25, 0.3) is 0 Å². The summed E-state index contributed by atoms with van der Waals surface area (Å²) in [6.07, 6.45) is 1.25. The number of hydrogen-bond donors (Lipinski definition) is 2. The Bertz CT molecular complexity index is 574. The predicted molar refractivity (Wildman–Crippen MR) is 67.3 cm³/mol. The number of aromatic nitrogens is 2. The molecule has 1 aromatic carbocycles. The highest BCUT2D eigenvalue weighted by Crippen LogP contribution is 2.24. The lowest BCUT2D eigenvalue weighted by Gasteiger charge is -2.06. The first-order chi connectivity index (χ1) is 7.63. The van der Waals surface area contributed by atoms with E-state index in [0.717, 1.165) is 9.32 Å². The fraction of sp³-hybridized carbons (Fsp3) is 0.100. The molecule has 0 spiro atoms. The summed E-state index contributed by atoms with van der Waals surface area (Å²) < 4.78 is 7.16. The Balaban J connectivity index is 2.58. The molecule has 6 heteroatoms. The number of hydrogen-bond acceptors (Lipinski definition) is 3. The van der Waals surface area contributed by atoms with Gasteiger partial charge < -0.3 is 14.8 Å². The Hall–Kier alpha value is -1.44. The van der Waals surface area contributed by atoms with Crippen LogP contribution in [-0.2, 0) is 0 Å². The number of imidazole rings is 1. The van der Waals surface area contributed by atoms with Gasteiger partial charge in [-0.3, -0.25) is 0 Å². The zero-order valence-corrected chi connectivity index (χ0v) is 10.6. The first kappa shape index (κ1) is 11.1. The molecule has 16 heavy (non-hydrogen) atoms.